The van der Waals surface area contributed by atoms with Crippen molar-refractivity contribution in [3.8, 4) is 0 Å². The van der Waals surface area contributed by atoms with E-state index in [-0.39, 0.29) is 28.1 Å². The molecule has 0 aliphatic rings. The second-order valence-corrected chi connectivity index (χ2v) is 7.14. The largest absolute Gasteiger partial charge is 0.329 e. The van der Waals surface area contributed by atoms with Crippen LogP contribution < -0.4 is 10.5 Å². The Morgan fingerprint density at radius 3 is 2.52 bits per heavy atom. The van der Waals surface area contributed by atoms with Crippen LogP contribution in [0.3, 0.4) is 0 Å². The quantitative estimate of drug-likeness (QED) is 0.583. The molecule has 1 atom stereocenters. The zero-order valence-corrected chi connectivity index (χ0v) is 13.3. The minimum absolute atomic E-state index is 0.0755. The summed E-state index contributed by atoms with van der Waals surface area (Å²) < 4.78 is 27.0. The Morgan fingerprint density at radius 2 is 2.05 bits per heavy atom. The molecule has 1 unspecified atom stereocenters. The molecule has 1 aromatic carbocycles. The van der Waals surface area contributed by atoms with Gasteiger partial charge in [0.05, 0.1) is 9.95 Å². The summed E-state index contributed by atoms with van der Waals surface area (Å²) in [6, 6.07) is 2.82. The van der Waals surface area contributed by atoms with Gasteiger partial charge in [-0.25, -0.2) is 13.1 Å². The minimum Gasteiger partial charge on any atom is -0.329 e. The van der Waals surface area contributed by atoms with Crippen molar-refractivity contribution in [2.45, 2.75) is 31.2 Å². The van der Waals surface area contributed by atoms with Crippen LogP contribution in [0.2, 0.25) is 5.02 Å². The Labute approximate surface area is 128 Å². The summed E-state index contributed by atoms with van der Waals surface area (Å²) in [5.74, 6) is 0.252. The van der Waals surface area contributed by atoms with E-state index in [1.807, 2.05) is 13.8 Å². The topological polar surface area (TPSA) is 115 Å². The zero-order chi connectivity index (χ0) is 16.2. The lowest BCUT2D eigenvalue weighted by atomic mass is 10.1. The van der Waals surface area contributed by atoms with Gasteiger partial charge in [0.2, 0.25) is 10.0 Å². The summed E-state index contributed by atoms with van der Waals surface area (Å²) in [6.07, 6.45) is 0.558. The molecule has 0 amide bonds. The SMILES string of the molecule is CC(C)CC(CN)NS(=O)(=O)c1cc([N+](=O)[O-])ccc1Cl. The molecule has 118 valence electrons. The first-order chi connectivity index (χ1) is 9.67. The van der Waals surface area contributed by atoms with Crippen LogP contribution in [0.5, 0.6) is 0 Å². The molecule has 0 bridgehead atoms. The van der Waals surface area contributed by atoms with Gasteiger partial charge in [-0.2, -0.15) is 0 Å². The van der Waals surface area contributed by atoms with E-state index in [1.165, 1.54) is 6.07 Å². The number of hydrogen-bond donors (Lipinski definition) is 2. The van der Waals surface area contributed by atoms with Crippen molar-refractivity contribution in [1.29, 1.82) is 0 Å². The summed E-state index contributed by atoms with van der Waals surface area (Å²) >= 11 is 5.84. The van der Waals surface area contributed by atoms with Crippen LogP contribution in [-0.2, 0) is 10.0 Å². The number of nitro groups is 1. The maximum atomic E-state index is 12.3. The lowest BCUT2D eigenvalue weighted by molar-refractivity contribution is -0.385. The number of rotatable bonds is 7. The number of nitrogens with two attached hydrogens (primary N) is 1. The third-order valence-corrected chi connectivity index (χ3v) is 4.78. The normalized spacial score (nSPS) is 13.4. The number of halogens is 1. The number of sulfonamides is 1. The Hall–Kier alpha value is -1.22. The predicted octanol–water partition coefficient (Wildman–Crippen LogP) is 1.90. The molecule has 0 saturated heterocycles. The number of hydrogen-bond acceptors (Lipinski definition) is 5. The molecule has 9 heteroatoms. The van der Waals surface area contributed by atoms with Crippen molar-refractivity contribution in [1.82, 2.24) is 4.72 Å². The van der Waals surface area contributed by atoms with Crippen molar-refractivity contribution in [3.05, 3.63) is 33.3 Å². The van der Waals surface area contributed by atoms with E-state index >= 15 is 0 Å². The molecule has 0 spiro atoms. The van der Waals surface area contributed by atoms with Crippen molar-refractivity contribution < 1.29 is 13.3 Å². The lowest BCUT2D eigenvalue weighted by Crippen LogP contribution is -2.41. The van der Waals surface area contributed by atoms with Gasteiger partial charge in [-0.15, -0.1) is 0 Å². The molecule has 0 radical (unpaired) electrons. The summed E-state index contributed by atoms with van der Waals surface area (Å²) in [5.41, 5.74) is 5.21. The Bertz CT molecular complexity index is 619. The molecule has 0 heterocycles. The van der Waals surface area contributed by atoms with Crippen LogP contribution in [0.4, 0.5) is 5.69 Å². The number of nitrogens with zero attached hydrogens (tertiary/aromatic N) is 1. The van der Waals surface area contributed by atoms with Gasteiger partial charge in [0.15, 0.2) is 0 Å². The smallest absolute Gasteiger partial charge is 0.270 e. The molecule has 21 heavy (non-hydrogen) atoms. The molecule has 0 aliphatic heterocycles. The molecule has 0 fully saturated rings. The molecule has 1 rings (SSSR count). The van der Waals surface area contributed by atoms with Crippen LogP contribution >= 0.6 is 11.6 Å². The molecule has 0 saturated carbocycles. The highest BCUT2D eigenvalue weighted by Crippen LogP contribution is 2.26. The van der Waals surface area contributed by atoms with E-state index in [9.17, 15) is 18.5 Å². The number of benzene rings is 1. The Morgan fingerprint density at radius 1 is 1.43 bits per heavy atom. The van der Waals surface area contributed by atoms with Gasteiger partial charge < -0.3 is 5.73 Å². The minimum atomic E-state index is -3.97. The van der Waals surface area contributed by atoms with Crippen molar-refractivity contribution >= 4 is 27.3 Å². The fourth-order valence-corrected chi connectivity index (χ4v) is 3.64. The highest BCUT2D eigenvalue weighted by molar-refractivity contribution is 7.89. The highest BCUT2D eigenvalue weighted by atomic mass is 35.5. The number of nitrogens with one attached hydrogen (secondary N) is 1. The first-order valence-electron chi connectivity index (χ1n) is 6.33. The van der Waals surface area contributed by atoms with Crippen LogP contribution in [-0.4, -0.2) is 25.9 Å². The molecule has 0 aliphatic carbocycles. The molecular weight excluding hydrogens is 318 g/mol. The standard InChI is InChI=1S/C12H18ClN3O4S/c1-8(2)5-9(7-14)15-21(19,20)12-6-10(16(17)18)3-4-11(12)13/h3-4,6,8-9,15H,5,7,14H2,1-2H3. The van der Waals surface area contributed by atoms with Gasteiger partial charge in [0.1, 0.15) is 4.90 Å². The molecule has 3 N–H and O–H groups in total. The van der Waals surface area contributed by atoms with Crippen LogP contribution in [0.15, 0.2) is 23.1 Å². The highest BCUT2D eigenvalue weighted by Gasteiger charge is 2.24. The summed E-state index contributed by atoms with van der Waals surface area (Å²) in [4.78, 5) is 9.75. The van der Waals surface area contributed by atoms with Gasteiger partial charge in [0.25, 0.3) is 5.69 Å². The van der Waals surface area contributed by atoms with E-state index in [0.29, 0.717) is 6.42 Å². The molecule has 7 nitrogen and oxygen atoms in total. The average Bonchev–Trinajstić information content (AvgIpc) is 2.36. The third kappa shape index (κ3) is 4.92. The Balaban J connectivity index is 3.12. The second-order valence-electron chi connectivity index (χ2n) is 5.06. The van der Waals surface area contributed by atoms with Gasteiger partial charge in [-0.3, -0.25) is 10.1 Å². The fraction of sp³-hybridized carbons (Fsp3) is 0.500. The van der Waals surface area contributed by atoms with E-state index in [2.05, 4.69) is 4.72 Å². The second kappa shape index (κ2) is 7.17. The van der Waals surface area contributed by atoms with Crippen molar-refractivity contribution in [2.75, 3.05) is 6.54 Å². The zero-order valence-electron chi connectivity index (χ0n) is 11.7. The van der Waals surface area contributed by atoms with Crippen LogP contribution in [0.25, 0.3) is 0 Å². The van der Waals surface area contributed by atoms with Gasteiger partial charge in [-0.1, -0.05) is 25.4 Å². The maximum absolute atomic E-state index is 12.3. The average molecular weight is 336 g/mol. The van der Waals surface area contributed by atoms with Gasteiger partial charge in [-0.05, 0) is 18.4 Å². The first-order valence-corrected chi connectivity index (χ1v) is 8.19. The Kier molecular flexibility index (Phi) is 6.09. The van der Waals surface area contributed by atoms with Crippen LogP contribution in [0, 0.1) is 16.0 Å². The molecular formula is C12H18ClN3O4S. The monoisotopic (exact) mass is 335 g/mol. The predicted molar refractivity (Wildman–Crippen MR) is 80.7 cm³/mol. The summed E-state index contributed by atoms with van der Waals surface area (Å²) in [5, 5.41) is 10.7. The van der Waals surface area contributed by atoms with Gasteiger partial charge in [0, 0.05) is 24.7 Å². The van der Waals surface area contributed by atoms with E-state index in [1.54, 1.807) is 0 Å². The summed E-state index contributed by atoms with van der Waals surface area (Å²) in [7, 11) is -3.97. The van der Waals surface area contributed by atoms with E-state index in [0.717, 1.165) is 12.1 Å². The first kappa shape index (κ1) is 17.8. The third-order valence-electron chi connectivity index (χ3n) is 2.78. The number of non-ortho nitro benzene ring substituents is 1. The van der Waals surface area contributed by atoms with Crippen LogP contribution in [0.1, 0.15) is 20.3 Å². The maximum Gasteiger partial charge on any atom is 0.270 e. The molecule has 0 aromatic heterocycles. The van der Waals surface area contributed by atoms with Crippen molar-refractivity contribution in [2.24, 2.45) is 11.7 Å². The van der Waals surface area contributed by atoms with E-state index < -0.39 is 21.0 Å². The van der Waals surface area contributed by atoms with Gasteiger partial charge >= 0.3 is 0 Å². The summed E-state index contributed by atoms with van der Waals surface area (Å²) in [6.45, 7) is 4.01. The lowest BCUT2D eigenvalue weighted by Gasteiger charge is -2.19. The molecule has 1 aromatic rings. The van der Waals surface area contributed by atoms with Crippen molar-refractivity contribution in [3.63, 3.8) is 0 Å². The fourth-order valence-electron chi connectivity index (χ4n) is 1.86. The number of nitro benzene ring substituents is 1. The van der Waals surface area contributed by atoms with E-state index in [4.69, 9.17) is 17.3 Å².